The summed E-state index contributed by atoms with van der Waals surface area (Å²) in [6.07, 6.45) is 6.64. The molecule has 0 radical (unpaired) electrons. The quantitative estimate of drug-likeness (QED) is 0.193. The molecule has 38 heavy (non-hydrogen) atoms. The zero-order valence-corrected chi connectivity index (χ0v) is 24.1. The molecular weight excluding hydrogens is 490 g/mol. The van der Waals surface area contributed by atoms with Gasteiger partial charge in [0.15, 0.2) is 0 Å². The van der Waals surface area contributed by atoms with Crippen molar-refractivity contribution in [2.75, 3.05) is 6.54 Å². The average molecular weight is 540 g/mol. The third-order valence-electron chi connectivity index (χ3n) is 6.61. The number of carbonyl (C=O) groups excluding carboxylic acids is 4. The highest BCUT2D eigenvalue weighted by atomic mass is 16.6. The summed E-state index contributed by atoms with van der Waals surface area (Å²) in [5.74, 6) is -0.215. The van der Waals surface area contributed by atoms with E-state index in [0.29, 0.717) is 31.7 Å². The molecule has 5 atom stereocenters. The van der Waals surface area contributed by atoms with Crippen LogP contribution in [0.1, 0.15) is 106 Å². The van der Waals surface area contributed by atoms with Gasteiger partial charge in [0.25, 0.3) is 0 Å². The third kappa shape index (κ3) is 12.5. The lowest BCUT2D eigenvalue weighted by Crippen LogP contribution is -2.52. The number of amides is 2. The molecular formula is C28H49N3O7. The molecule has 0 bridgehead atoms. The van der Waals surface area contributed by atoms with E-state index in [1.165, 1.54) is 12.8 Å². The Balaban J connectivity index is 2.02. The van der Waals surface area contributed by atoms with E-state index >= 15 is 0 Å². The van der Waals surface area contributed by atoms with Gasteiger partial charge in [0.2, 0.25) is 0 Å². The minimum atomic E-state index is -1.10. The molecule has 0 spiro atoms. The van der Waals surface area contributed by atoms with E-state index in [9.17, 15) is 19.2 Å². The number of ether oxygens (including phenoxy) is 3. The first-order valence-corrected chi connectivity index (χ1v) is 14.1. The number of carbonyl (C=O) groups is 4. The first-order chi connectivity index (χ1) is 17.7. The Kier molecular flexibility index (Phi) is 11.9. The molecule has 10 heteroatoms. The molecule has 218 valence electrons. The van der Waals surface area contributed by atoms with Gasteiger partial charge in [-0.25, -0.2) is 14.4 Å². The van der Waals surface area contributed by atoms with E-state index in [0.717, 1.165) is 25.2 Å². The molecule has 0 aromatic carbocycles. The first-order valence-electron chi connectivity index (χ1n) is 14.1. The molecule has 2 aliphatic rings. The fraction of sp³-hybridized carbons (Fsp3) is 0.857. The highest BCUT2D eigenvalue weighted by Gasteiger charge is 2.41. The van der Waals surface area contributed by atoms with Crippen molar-refractivity contribution in [2.24, 2.45) is 17.6 Å². The molecule has 4 N–H and O–H groups in total. The topological polar surface area (TPSA) is 146 Å². The van der Waals surface area contributed by atoms with Crippen LogP contribution in [0.2, 0.25) is 0 Å². The highest BCUT2D eigenvalue weighted by Crippen LogP contribution is 2.48. The predicted octanol–water partition coefficient (Wildman–Crippen LogP) is 3.74. The van der Waals surface area contributed by atoms with Gasteiger partial charge in [0, 0.05) is 6.42 Å². The van der Waals surface area contributed by atoms with E-state index < -0.39 is 47.2 Å². The molecule has 2 amide bonds. The molecule has 2 fully saturated rings. The van der Waals surface area contributed by atoms with Crippen molar-refractivity contribution in [1.29, 1.82) is 0 Å². The minimum Gasteiger partial charge on any atom is -0.461 e. The molecule has 10 nitrogen and oxygen atoms in total. The number of urea groups is 1. The van der Waals surface area contributed by atoms with Crippen LogP contribution in [-0.2, 0) is 28.6 Å². The molecule has 3 unspecified atom stereocenters. The summed E-state index contributed by atoms with van der Waals surface area (Å²) >= 11 is 0. The number of hydrogen-bond donors (Lipinski definition) is 3. The molecule has 0 aromatic rings. The SMILES string of the molecule is CC(C)(C)OC(=O)CC[C@H](NC(=O)N[C@@H](CCCCN)C(=O)OC1CCCC2CC2C1)C(=O)OC(C)(C)C. The van der Waals surface area contributed by atoms with Crippen LogP contribution in [0, 0.1) is 11.8 Å². The Bertz CT molecular complexity index is 818. The second-order valence-electron chi connectivity index (χ2n) is 12.6. The fourth-order valence-corrected chi connectivity index (χ4v) is 4.75. The van der Waals surface area contributed by atoms with E-state index in [-0.39, 0.29) is 18.9 Å². The lowest BCUT2D eigenvalue weighted by atomic mass is 10.1. The molecule has 0 aliphatic heterocycles. The number of rotatable bonds is 12. The largest absolute Gasteiger partial charge is 0.461 e. The molecule has 2 aliphatic carbocycles. The van der Waals surface area contributed by atoms with Crippen molar-refractivity contribution in [3.05, 3.63) is 0 Å². The van der Waals surface area contributed by atoms with Crippen LogP contribution in [0.25, 0.3) is 0 Å². The van der Waals surface area contributed by atoms with Crippen molar-refractivity contribution in [3.63, 3.8) is 0 Å². The number of unbranched alkanes of at least 4 members (excludes halogenated alkanes) is 1. The lowest BCUT2D eigenvalue weighted by molar-refractivity contribution is -0.158. The Hall–Kier alpha value is -2.36. The average Bonchev–Trinajstić information content (AvgIpc) is 3.52. The van der Waals surface area contributed by atoms with Gasteiger partial charge >= 0.3 is 23.9 Å². The van der Waals surface area contributed by atoms with Crippen molar-refractivity contribution < 1.29 is 33.4 Å². The number of nitrogens with two attached hydrogens (primary N) is 1. The van der Waals surface area contributed by atoms with E-state index in [1.54, 1.807) is 41.5 Å². The number of nitrogens with one attached hydrogen (secondary N) is 2. The maximum absolute atomic E-state index is 13.1. The predicted molar refractivity (Wildman–Crippen MR) is 143 cm³/mol. The zero-order valence-electron chi connectivity index (χ0n) is 24.1. The fourth-order valence-electron chi connectivity index (χ4n) is 4.75. The molecule has 0 aromatic heterocycles. The van der Waals surface area contributed by atoms with Gasteiger partial charge < -0.3 is 30.6 Å². The van der Waals surface area contributed by atoms with Gasteiger partial charge in [0.05, 0.1) is 0 Å². The van der Waals surface area contributed by atoms with Gasteiger partial charge in [-0.15, -0.1) is 0 Å². The first kappa shape index (κ1) is 31.9. The summed E-state index contributed by atoms with van der Waals surface area (Å²) in [6.45, 7) is 10.9. The van der Waals surface area contributed by atoms with Crippen LogP contribution in [0.5, 0.6) is 0 Å². The van der Waals surface area contributed by atoms with Crippen molar-refractivity contribution in [1.82, 2.24) is 10.6 Å². The smallest absolute Gasteiger partial charge is 0.329 e. The maximum Gasteiger partial charge on any atom is 0.329 e. The van der Waals surface area contributed by atoms with E-state index in [4.69, 9.17) is 19.9 Å². The summed E-state index contributed by atoms with van der Waals surface area (Å²) < 4.78 is 16.6. The van der Waals surface area contributed by atoms with Gasteiger partial charge in [0.1, 0.15) is 29.4 Å². The van der Waals surface area contributed by atoms with Crippen LogP contribution >= 0.6 is 0 Å². The third-order valence-corrected chi connectivity index (χ3v) is 6.61. The molecule has 0 heterocycles. The summed E-state index contributed by atoms with van der Waals surface area (Å²) in [7, 11) is 0. The second kappa shape index (κ2) is 14.1. The summed E-state index contributed by atoms with van der Waals surface area (Å²) in [6, 6.07) is -2.68. The monoisotopic (exact) mass is 539 g/mol. The molecule has 0 saturated heterocycles. The van der Waals surface area contributed by atoms with E-state index in [1.807, 2.05) is 0 Å². The number of esters is 3. The van der Waals surface area contributed by atoms with Crippen molar-refractivity contribution in [3.8, 4) is 0 Å². The van der Waals surface area contributed by atoms with Gasteiger partial charge in [-0.2, -0.15) is 0 Å². The normalized spacial score (nSPS) is 22.7. The molecule has 2 rings (SSSR count). The minimum absolute atomic E-state index is 0.00976. The van der Waals surface area contributed by atoms with Crippen molar-refractivity contribution in [2.45, 2.75) is 135 Å². The van der Waals surface area contributed by atoms with Crippen LogP contribution in [-0.4, -0.2) is 59.9 Å². The summed E-state index contributed by atoms with van der Waals surface area (Å²) in [4.78, 5) is 51.1. The number of fused-ring (bicyclic) bond motifs is 1. The highest BCUT2D eigenvalue weighted by molar-refractivity contribution is 5.87. The lowest BCUT2D eigenvalue weighted by Gasteiger charge is -2.26. The van der Waals surface area contributed by atoms with Gasteiger partial charge in [-0.05, 0) is 111 Å². The second-order valence-corrected chi connectivity index (χ2v) is 12.6. The van der Waals surface area contributed by atoms with Gasteiger partial charge in [-0.1, -0.05) is 6.42 Å². The Morgan fingerprint density at radius 3 is 2.05 bits per heavy atom. The van der Waals surface area contributed by atoms with Crippen LogP contribution in [0.15, 0.2) is 0 Å². The van der Waals surface area contributed by atoms with Crippen LogP contribution in [0.4, 0.5) is 4.79 Å². The van der Waals surface area contributed by atoms with Crippen LogP contribution in [0.3, 0.4) is 0 Å². The zero-order chi connectivity index (χ0) is 28.5. The molecule has 2 saturated carbocycles. The van der Waals surface area contributed by atoms with Crippen molar-refractivity contribution >= 4 is 23.9 Å². The Morgan fingerprint density at radius 1 is 0.816 bits per heavy atom. The Labute approximate surface area is 227 Å². The summed E-state index contributed by atoms with van der Waals surface area (Å²) in [5, 5.41) is 5.28. The number of hydrogen-bond acceptors (Lipinski definition) is 8. The summed E-state index contributed by atoms with van der Waals surface area (Å²) in [5.41, 5.74) is 4.17. The van der Waals surface area contributed by atoms with Crippen LogP contribution < -0.4 is 16.4 Å². The maximum atomic E-state index is 13.1. The van der Waals surface area contributed by atoms with E-state index in [2.05, 4.69) is 10.6 Å². The Morgan fingerprint density at radius 2 is 1.45 bits per heavy atom. The van der Waals surface area contributed by atoms with Gasteiger partial charge in [-0.3, -0.25) is 4.79 Å². The standard InChI is InChI=1S/C28H49N3O7/c1-27(2,3)37-23(32)14-13-22(25(34)38-28(4,5)6)31-26(35)30-21(12-7-8-15-29)24(33)36-20-11-9-10-18-16-19(18)17-20/h18-22H,7-17,29H2,1-6H3,(H2,30,31,35)/t18?,19?,20?,21-,22-/m0/s1.